The van der Waals surface area contributed by atoms with Crippen LogP contribution in [0.25, 0.3) is 0 Å². The summed E-state index contributed by atoms with van der Waals surface area (Å²) in [6.07, 6.45) is 0. The highest BCUT2D eigenvalue weighted by Gasteiger charge is 2.24. The molecular weight excluding hydrogens is 290 g/mol. The Morgan fingerprint density at radius 3 is 2.09 bits per heavy atom. The van der Waals surface area contributed by atoms with Gasteiger partial charge in [-0.15, -0.1) is 0 Å². The van der Waals surface area contributed by atoms with Crippen molar-refractivity contribution in [1.82, 2.24) is 0 Å². The lowest BCUT2D eigenvalue weighted by Crippen LogP contribution is -2.37. The summed E-state index contributed by atoms with van der Waals surface area (Å²) < 4.78 is 0. The topological polar surface area (TPSA) is 60.8 Å². The van der Waals surface area contributed by atoms with Crippen molar-refractivity contribution in [1.29, 1.82) is 0 Å². The highest BCUT2D eigenvalue weighted by Crippen LogP contribution is 2.33. The Bertz CT molecular complexity index is 693. The molecule has 0 spiro atoms. The van der Waals surface area contributed by atoms with E-state index in [1.54, 1.807) is 11.0 Å². The maximum atomic E-state index is 13.0. The highest BCUT2D eigenvalue weighted by molar-refractivity contribution is 6.08. The molecule has 4 heteroatoms. The third-order valence-electron chi connectivity index (χ3n) is 3.77. The van der Waals surface area contributed by atoms with E-state index in [0.717, 1.165) is 5.69 Å². The van der Waals surface area contributed by atoms with Gasteiger partial charge in [-0.3, -0.25) is 4.79 Å². The Morgan fingerprint density at radius 1 is 0.957 bits per heavy atom. The van der Waals surface area contributed by atoms with Crippen LogP contribution in [0.15, 0.2) is 42.5 Å². The van der Waals surface area contributed by atoms with Gasteiger partial charge in [0, 0.05) is 17.8 Å². The van der Waals surface area contributed by atoms with Crippen molar-refractivity contribution < 1.29 is 15.0 Å². The van der Waals surface area contributed by atoms with Gasteiger partial charge in [-0.2, -0.15) is 0 Å². The zero-order chi connectivity index (χ0) is 17.1. The van der Waals surface area contributed by atoms with Crippen LogP contribution in [0.5, 0.6) is 11.5 Å². The van der Waals surface area contributed by atoms with Gasteiger partial charge in [-0.25, -0.2) is 0 Å². The fraction of sp³-hybridized carbons (Fsp3) is 0.316. The van der Waals surface area contributed by atoms with Crippen LogP contribution < -0.4 is 4.90 Å². The van der Waals surface area contributed by atoms with E-state index in [1.807, 2.05) is 58.0 Å². The molecule has 122 valence electrons. The fourth-order valence-corrected chi connectivity index (χ4v) is 2.60. The van der Waals surface area contributed by atoms with Crippen molar-refractivity contribution >= 4 is 11.6 Å². The van der Waals surface area contributed by atoms with Gasteiger partial charge in [0.15, 0.2) is 0 Å². The van der Waals surface area contributed by atoms with Crippen molar-refractivity contribution in [3.63, 3.8) is 0 Å². The van der Waals surface area contributed by atoms with E-state index in [-0.39, 0.29) is 34.9 Å². The van der Waals surface area contributed by atoms with Crippen LogP contribution in [0.2, 0.25) is 0 Å². The first-order valence-corrected chi connectivity index (χ1v) is 7.77. The van der Waals surface area contributed by atoms with Gasteiger partial charge in [-0.1, -0.05) is 32.0 Å². The number of nitrogens with zero attached hydrogens (tertiary/aromatic N) is 1. The van der Waals surface area contributed by atoms with Gasteiger partial charge < -0.3 is 15.1 Å². The molecule has 4 nitrogen and oxygen atoms in total. The maximum Gasteiger partial charge on any atom is 0.262 e. The molecule has 2 aromatic rings. The normalized spacial score (nSPS) is 11.0. The van der Waals surface area contributed by atoms with E-state index in [1.165, 1.54) is 6.07 Å². The lowest BCUT2D eigenvalue weighted by Gasteiger charge is -2.27. The Morgan fingerprint density at radius 2 is 1.57 bits per heavy atom. The summed E-state index contributed by atoms with van der Waals surface area (Å²) >= 11 is 0. The van der Waals surface area contributed by atoms with Crippen LogP contribution in [0.4, 0.5) is 5.69 Å². The van der Waals surface area contributed by atoms with Crippen LogP contribution in [-0.2, 0) is 0 Å². The molecule has 0 radical (unpaired) electrons. The molecule has 0 atom stereocenters. The summed E-state index contributed by atoms with van der Waals surface area (Å²) in [4.78, 5) is 14.6. The van der Waals surface area contributed by atoms with Gasteiger partial charge in [0.25, 0.3) is 5.91 Å². The first kappa shape index (κ1) is 16.9. The molecule has 0 fully saturated rings. The molecule has 2 aromatic carbocycles. The van der Waals surface area contributed by atoms with Gasteiger partial charge in [0.05, 0.1) is 5.56 Å². The number of phenols is 2. The molecule has 0 saturated heterocycles. The standard InChI is InChI=1S/C19H23NO3/c1-12(2)15-10-16(18(22)11-17(15)21)19(23)20(13(3)4)14-8-6-5-7-9-14/h5-13,21-22H,1-4H3. The monoisotopic (exact) mass is 313 g/mol. The lowest BCUT2D eigenvalue weighted by atomic mass is 9.98. The number of amides is 1. The minimum atomic E-state index is -0.286. The number of carbonyl (C=O) groups excluding carboxylic acids is 1. The van der Waals surface area contributed by atoms with Crippen LogP contribution in [0.3, 0.4) is 0 Å². The predicted octanol–water partition coefficient (Wildman–Crippen LogP) is 4.28. The third-order valence-corrected chi connectivity index (χ3v) is 3.77. The molecule has 2 N–H and O–H groups in total. The molecule has 2 rings (SSSR count). The van der Waals surface area contributed by atoms with E-state index in [9.17, 15) is 15.0 Å². The van der Waals surface area contributed by atoms with Crippen LogP contribution in [0, 0.1) is 0 Å². The Hall–Kier alpha value is -2.49. The van der Waals surface area contributed by atoms with Crippen molar-refractivity contribution in [2.24, 2.45) is 0 Å². The summed E-state index contributed by atoms with van der Waals surface area (Å²) in [6, 6.07) is 12.1. The van der Waals surface area contributed by atoms with Crippen LogP contribution in [-0.4, -0.2) is 22.2 Å². The third kappa shape index (κ3) is 3.47. The molecule has 0 aliphatic heterocycles. The quantitative estimate of drug-likeness (QED) is 0.886. The summed E-state index contributed by atoms with van der Waals surface area (Å²) in [5.41, 5.74) is 1.61. The maximum absolute atomic E-state index is 13.0. The highest BCUT2D eigenvalue weighted by atomic mass is 16.3. The minimum Gasteiger partial charge on any atom is -0.508 e. The molecule has 0 heterocycles. The van der Waals surface area contributed by atoms with Crippen LogP contribution in [0.1, 0.15) is 49.5 Å². The van der Waals surface area contributed by atoms with Crippen LogP contribution >= 0.6 is 0 Å². The first-order valence-electron chi connectivity index (χ1n) is 7.77. The van der Waals surface area contributed by atoms with Crippen molar-refractivity contribution in [3.8, 4) is 11.5 Å². The average Bonchev–Trinajstić information content (AvgIpc) is 2.47. The number of hydrogen-bond acceptors (Lipinski definition) is 3. The van der Waals surface area contributed by atoms with Crippen molar-refractivity contribution in [3.05, 3.63) is 53.6 Å². The second kappa shape index (κ2) is 6.73. The molecule has 0 saturated carbocycles. The fourth-order valence-electron chi connectivity index (χ4n) is 2.60. The minimum absolute atomic E-state index is 0.00450. The average molecular weight is 313 g/mol. The predicted molar refractivity (Wildman–Crippen MR) is 92.2 cm³/mol. The zero-order valence-electron chi connectivity index (χ0n) is 13.9. The van der Waals surface area contributed by atoms with Gasteiger partial charge in [0.1, 0.15) is 11.5 Å². The molecular formula is C19H23NO3. The van der Waals surface area contributed by atoms with E-state index in [0.29, 0.717) is 5.56 Å². The number of para-hydroxylation sites is 1. The lowest BCUT2D eigenvalue weighted by molar-refractivity contribution is 0.0977. The number of anilines is 1. The van der Waals surface area contributed by atoms with Gasteiger partial charge >= 0.3 is 0 Å². The van der Waals surface area contributed by atoms with Gasteiger partial charge in [-0.05, 0) is 43.5 Å². The second-order valence-electron chi connectivity index (χ2n) is 6.19. The van der Waals surface area contributed by atoms with Crippen molar-refractivity contribution in [2.45, 2.75) is 39.7 Å². The largest absolute Gasteiger partial charge is 0.508 e. The van der Waals surface area contributed by atoms with E-state index < -0.39 is 0 Å². The molecule has 0 aliphatic rings. The van der Waals surface area contributed by atoms with E-state index in [2.05, 4.69) is 0 Å². The first-order chi connectivity index (χ1) is 10.8. The number of carbonyl (C=O) groups is 1. The molecule has 0 bridgehead atoms. The summed E-state index contributed by atoms with van der Waals surface area (Å²) in [5.74, 6) is -0.444. The summed E-state index contributed by atoms with van der Waals surface area (Å²) in [7, 11) is 0. The zero-order valence-corrected chi connectivity index (χ0v) is 13.9. The number of phenolic OH excluding ortho intramolecular Hbond substituents is 2. The van der Waals surface area contributed by atoms with E-state index in [4.69, 9.17) is 0 Å². The van der Waals surface area contributed by atoms with E-state index >= 15 is 0 Å². The molecule has 1 amide bonds. The van der Waals surface area contributed by atoms with Gasteiger partial charge in [0.2, 0.25) is 0 Å². The number of rotatable bonds is 4. The molecule has 0 aliphatic carbocycles. The number of aromatic hydroxyl groups is 2. The Balaban J connectivity index is 2.51. The Labute approximate surface area is 137 Å². The SMILES string of the molecule is CC(C)c1cc(C(=O)N(c2ccccc2)C(C)C)c(O)cc1O. The molecule has 0 aromatic heterocycles. The summed E-state index contributed by atoms with van der Waals surface area (Å²) in [6.45, 7) is 7.70. The summed E-state index contributed by atoms with van der Waals surface area (Å²) in [5, 5.41) is 20.1. The second-order valence-corrected chi connectivity index (χ2v) is 6.19. The molecule has 0 unspecified atom stereocenters. The number of hydrogen-bond donors (Lipinski definition) is 2. The smallest absolute Gasteiger partial charge is 0.262 e. The number of benzene rings is 2. The molecule has 23 heavy (non-hydrogen) atoms. The Kier molecular flexibility index (Phi) is 4.94. The van der Waals surface area contributed by atoms with Crippen molar-refractivity contribution in [2.75, 3.05) is 4.90 Å².